The van der Waals surface area contributed by atoms with Gasteiger partial charge in [0.25, 0.3) is 5.56 Å². The lowest BCUT2D eigenvalue weighted by Crippen LogP contribution is -2.40. The Morgan fingerprint density at radius 1 is 1.11 bits per heavy atom. The van der Waals surface area contributed by atoms with Crippen LogP contribution in [0.1, 0.15) is 55.0 Å². The van der Waals surface area contributed by atoms with Crippen LogP contribution in [-0.2, 0) is 16.1 Å². The van der Waals surface area contributed by atoms with Gasteiger partial charge in [0.2, 0.25) is 0 Å². The molecule has 0 bridgehead atoms. The highest BCUT2D eigenvalue weighted by Crippen LogP contribution is 2.36. The van der Waals surface area contributed by atoms with E-state index >= 15 is 0 Å². The maximum absolute atomic E-state index is 14.2. The number of methoxy groups -OCH3 is 1. The van der Waals surface area contributed by atoms with Gasteiger partial charge in [0.1, 0.15) is 18.1 Å². The van der Waals surface area contributed by atoms with Gasteiger partial charge < -0.3 is 14.2 Å². The maximum atomic E-state index is 14.2. The number of para-hydroxylation sites is 1. The molecule has 4 aromatic rings. The Morgan fingerprint density at radius 3 is 2.57 bits per heavy atom. The molecule has 0 spiro atoms. The first kappa shape index (κ1) is 31.0. The van der Waals surface area contributed by atoms with Gasteiger partial charge >= 0.3 is 5.97 Å². The van der Waals surface area contributed by atoms with Crippen molar-refractivity contribution in [2.45, 2.75) is 39.3 Å². The van der Waals surface area contributed by atoms with Crippen molar-refractivity contribution in [1.82, 2.24) is 4.57 Å². The summed E-state index contributed by atoms with van der Waals surface area (Å²) in [7, 11) is 1.58. The van der Waals surface area contributed by atoms with Crippen LogP contribution in [0.2, 0.25) is 0 Å². The van der Waals surface area contributed by atoms with Crippen molar-refractivity contribution in [1.29, 1.82) is 5.26 Å². The number of hydrogen-bond acceptors (Lipinski definition) is 8. The Labute approximate surface area is 267 Å². The summed E-state index contributed by atoms with van der Waals surface area (Å²) in [5.74, 6) is 0.749. The molecule has 3 aromatic carbocycles. The average molecular weight is 673 g/mol. The van der Waals surface area contributed by atoms with E-state index in [1.54, 1.807) is 42.9 Å². The van der Waals surface area contributed by atoms with Crippen molar-refractivity contribution in [3.8, 4) is 17.6 Å². The summed E-state index contributed by atoms with van der Waals surface area (Å²) >= 11 is 4.83. The first-order valence-electron chi connectivity index (χ1n) is 14.1. The van der Waals surface area contributed by atoms with E-state index < -0.39 is 12.0 Å². The fourth-order valence-corrected chi connectivity index (χ4v) is 6.57. The molecular weight excluding hydrogens is 642 g/mol. The molecule has 0 fully saturated rings. The number of nitriles is 1. The predicted octanol–water partition coefficient (Wildman–Crippen LogP) is 5.80. The maximum Gasteiger partial charge on any atom is 0.338 e. The first-order chi connectivity index (χ1) is 21.4. The lowest BCUT2D eigenvalue weighted by atomic mass is 9.94. The fourth-order valence-electron chi connectivity index (χ4n) is 5.00. The van der Waals surface area contributed by atoms with E-state index in [-0.39, 0.29) is 12.2 Å². The topological polar surface area (TPSA) is 103 Å². The number of hydrogen-bond donors (Lipinski definition) is 0. The molecule has 1 aliphatic heterocycles. The molecule has 1 atom stereocenters. The van der Waals surface area contributed by atoms with Crippen LogP contribution >= 0.6 is 27.3 Å². The van der Waals surface area contributed by atoms with Gasteiger partial charge in [0.15, 0.2) is 4.80 Å². The summed E-state index contributed by atoms with van der Waals surface area (Å²) in [6.45, 7) is 4.28. The zero-order chi connectivity index (χ0) is 31.2. The Bertz CT molecular complexity index is 1950. The van der Waals surface area contributed by atoms with Gasteiger partial charge in [-0.3, -0.25) is 9.36 Å². The third-order valence-corrected chi connectivity index (χ3v) is 8.67. The zero-order valence-electron chi connectivity index (χ0n) is 24.5. The molecule has 224 valence electrons. The summed E-state index contributed by atoms with van der Waals surface area (Å²) < 4.78 is 19.8. The summed E-state index contributed by atoms with van der Waals surface area (Å²) in [6, 6.07) is 21.6. The number of thiazole rings is 1. The molecule has 0 aliphatic carbocycles. The number of nitrogens with zero attached hydrogens (tertiary/aromatic N) is 3. The van der Waals surface area contributed by atoms with Crippen molar-refractivity contribution in [3.05, 3.63) is 124 Å². The minimum atomic E-state index is -0.737. The molecule has 0 saturated heterocycles. The molecule has 1 aliphatic rings. The van der Waals surface area contributed by atoms with Crippen molar-refractivity contribution in [3.63, 3.8) is 0 Å². The standard InChI is InChI=1S/C34H30BrN3O5S/c1-4-8-26-30(33(40)42-5-2)31(24-15-16-28(41-3)25(35)17-24)38-32(39)29(44-34(38)37-26)18-23-9-6-7-10-27(23)43-20-22-13-11-21(19-36)12-14-22/h6-7,9-18,31H,4-5,8,20H2,1-3H3/b29-18-/t31-/m1/s1. The minimum absolute atomic E-state index is 0.199. The molecule has 5 rings (SSSR count). The number of fused-ring (bicyclic) bond motifs is 1. The van der Waals surface area contributed by atoms with Gasteiger partial charge in [0.05, 0.1) is 51.7 Å². The number of halogens is 1. The van der Waals surface area contributed by atoms with Gasteiger partial charge in [0, 0.05) is 5.56 Å². The van der Waals surface area contributed by atoms with Crippen LogP contribution in [0.25, 0.3) is 6.08 Å². The number of benzene rings is 3. The molecule has 10 heteroatoms. The monoisotopic (exact) mass is 671 g/mol. The molecule has 8 nitrogen and oxygen atoms in total. The van der Waals surface area contributed by atoms with Crippen molar-refractivity contribution >= 4 is 39.3 Å². The molecule has 1 aromatic heterocycles. The highest BCUT2D eigenvalue weighted by Gasteiger charge is 2.34. The van der Waals surface area contributed by atoms with Crippen LogP contribution in [0, 0.1) is 11.3 Å². The minimum Gasteiger partial charge on any atom is -0.496 e. The smallest absolute Gasteiger partial charge is 0.338 e. The van der Waals surface area contributed by atoms with E-state index in [1.165, 1.54) is 11.3 Å². The zero-order valence-corrected chi connectivity index (χ0v) is 26.9. The third-order valence-electron chi connectivity index (χ3n) is 7.07. The molecule has 0 amide bonds. The number of carbonyl (C=O) groups excluding carboxylic acids is 1. The first-order valence-corrected chi connectivity index (χ1v) is 15.8. The lowest BCUT2D eigenvalue weighted by molar-refractivity contribution is -0.139. The third kappa shape index (κ3) is 6.39. The second-order valence-electron chi connectivity index (χ2n) is 9.94. The second-order valence-corrected chi connectivity index (χ2v) is 11.8. The second kappa shape index (κ2) is 13.9. The quantitative estimate of drug-likeness (QED) is 0.198. The van der Waals surface area contributed by atoms with Crippen LogP contribution in [0.5, 0.6) is 11.5 Å². The molecular formula is C34H30BrN3O5S. The van der Waals surface area contributed by atoms with E-state index in [1.807, 2.05) is 55.5 Å². The number of ether oxygens (including phenoxy) is 3. The number of allylic oxidation sites excluding steroid dienone is 1. The molecule has 2 heterocycles. The van der Waals surface area contributed by atoms with E-state index in [0.717, 1.165) is 23.1 Å². The normalized spacial score (nSPS) is 14.4. The highest BCUT2D eigenvalue weighted by molar-refractivity contribution is 9.10. The van der Waals surface area contributed by atoms with Crippen LogP contribution in [0.15, 0.2) is 92.3 Å². The van der Waals surface area contributed by atoms with E-state index in [9.17, 15) is 9.59 Å². The number of carbonyl (C=O) groups is 1. The van der Waals surface area contributed by atoms with Crippen LogP contribution < -0.4 is 24.4 Å². The predicted molar refractivity (Wildman–Crippen MR) is 172 cm³/mol. The Balaban J connectivity index is 1.62. The number of aromatic nitrogens is 1. The SMILES string of the molecule is CCCC1=C(C(=O)OCC)[C@@H](c2ccc(OC)c(Br)c2)n2c(s/c(=C\c3ccccc3OCc3ccc(C#N)cc3)c2=O)=N1. The average Bonchev–Trinajstić information content (AvgIpc) is 3.34. The largest absolute Gasteiger partial charge is 0.496 e. The summed E-state index contributed by atoms with van der Waals surface area (Å²) in [4.78, 5) is 32.9. The molecule has 0 radical (unpaired) electrons. The fraction of sp³-hybridized carbons (Fsp3) is 0.235. The Hall–Kier alpha value is -4.46. The lowest BCUT2D eigenvalue weighted by Gasteiger charge is -2.26. The summed E-state index contributed by atoms with van der Waals surface area (Å²) in [6.07, 6.45) is 3.12. The van der Waals surface area contributed by atoms with E-state index in [2.05, 4.69) is 22.0 Å². The number of esters is 1. The molecule has 0 unspecified atom stereocenters. The van der Waals surface area contributed by atoms with Gasteiger partial charge in [-0.2, -0.15) is 5.26 Å². The number of rotatable bonds is 10. The highest BCUT2D eigenvalue weighted by atomic mass is 79.9. The van der Waals surface area contributed by atoms with Gasteiger partial charge in [-0.05, 0) is 76.8 Å². The summed E-state index contributed by atoms with van der Waals surface area (Å²) in [5.41, 5.74) is 3.65. The molecule has 0 saturated carbocycles. The van der Waals surface area contributed by atoms with Crippen LogP contribution in [0.4, 0.5) is 0 Å². The Kier molecular flexibility index (Phi) is 9.78. The summed E-state index contributed by atoms with van der Waals surface area (Å²) in [5, 5.41) is 9.07. The van der Waals surface area contributed by atoms with Gasteiger partial charge in [-0.1, -0.05) is 61.1 Å². The van der Waals surface area contributed by atoms with E-state index in [4.69, 9.17) is 24.5 Å². The van der Waals surface area contributed by atoms with Gasteiger partial charge in [-0.25, -0.2) is 9.79 Å². The van der Waals surface area contributed by atoms with E-state index in [0.29, 0.717) is 55.2 Å². The van der Waals surface area contributed by atoms with Crippen LogP contribution in [-0.4, -0.2) is 24.3 Å². The van der Waals surface area contributed by atoms with Crippen molar-refractivity contribution in [2.75, 3.05) is 13.7 Å². The molecule has 0 N–H and O–H groups in total. The van der Waals surface area contributed by atoms with Crippen molar-refractivity contribution in [2.24, 2.45) is 4.99 Å². The van der Waals surface area contributed by atoms with Crippen molar-refractivity contribution < 1.29 is 19.0 Å². The van der Waals surface area contributed by atoms with Gasteiger partial charge in [-0.15, -0.1) is 0 Å². The molecule has 44 heavy (non-hydrogen) atoms. The Morgan fingerprint density at radius 2 is 1.89 bits per heavy atom. The van der Waals surface area contributed by atoms with Crippen LogP contribution in [0.3, 0.4) is 0 Å².